The van der Waals surface area contributed by atoms with Gasteiger partial charge in [0.15, 0.2) is 0 Å². The Labute approximate surface area is 115 Å². The van der Waals surface area contributed by atoms with Gasteiger partial charge in [-0.3, -0.25) is 9.59 Å². The molecule has 1 amide bonds. The zero-order chi connectivity index (χ0) is 14.3. The maximum atomic E-state index is 11.8. The fraction of sp³-hybridized carbons (Fsp3) is 0.857. The molecule has 0 aromatic carbocycles. The van der Waals surface area contributed by atoms with Crippen LogP contribution in [0.3, 0.4) is 0 Å². The van der Waals surface area contributed by atoms with Gasteiger partial charge in [0, 0.05) is 26.1 Å². The van der Waals surface area contributed by atoms with Gasteiger partial charge in [0.25, 0.3) is 0 Å². The van der Waals surface area contributed by atoms with Crippen LogP contribution in [0.4, 0.5) is 0 Å². The van der Waals surface area contributed by atoms with Gasteiger partial charge >= 0.3 is 5.97 Å². The van der Waals surface area contributed by atoms with Crippen molar-refractivity contribution >= 4 is 11.9 Å². The van der Waals surface area contributed by atoms with Gasteiger partial charge in [-0.25, -0.2) is 0 Å². The minimum atomic E-state index is -0.260. The normalized spacial score (nSPS) is 19.3. The Hall–Kier alpha value is -1.10. The molecule has 1 fully saturated rings. The van der Waals surface area contributed by atoms with E-state index in [0.29, 0.717) is 19.6 Å². The van der Waals surface area contributed by atoms with Gasteiger partial charge in [-0.2, -0.15) is 0 Å². The molecule has 1 aliphatic rings. The summed E-state index contributed by atoms with van der Waals surface area (Å²) in [6.45, 7) is 4.73. The quantitative estimate of drug-likeness (QED) is 0.490. The van der Waals surface area contributed by atoms with Crippen LogP contribution in [0.1, 0.15) is 32.6 Å². The lowest BCUT2D eigenvalue weighted by atomic mass is 10.1. The summed E-state index contributed by atoms with van der Waals surface area (Å²) >= 11 is 0. The molecule has 0 saturated carbocycles. The lowest BCUT2D eigenvalue weighted by Crippen LogP contribution is -2.28. The van der Waals surface area contributed by atoms with Crippen molar-refractivity contribution in [2.24, 2.45) is 5.92 Å². The number of nitrogens with zero attached hydrogens (tertiary/aromatic N) is 2. The predicted molar refractivity (Wildman–Crippen MR) is 73.7 cm³/mol. The molecule has 0 N–H and O–H groups in total. The minimum Gasteiger partial charge on any atom is -0.465 e. The van der Waals surface area contributed by atoms with E-state index in [4.69, 9.17) is 4.74 Å². The number of rotatable bonds is 8. The average molecular weight is 270 g/mol. The zero-order valence-corrected chi connectivity index (χ0v) is 12.4. The lowest BCUT2D eigenvalue weighted by molar-refractivity contribution is -0.148. The van der Waals surface area contributed by atoms with Crippen molar-refractivity contribution in [2.45, 2.75) is 32.6 Å². The Morgan fingerprint density at radius 2 is 2.16 bits per heavy atom. The first-order chi connectivity index (χ1) is 9.04. The molecule has 1 atom stereocenters. The van der Waals surface area contributed by atoms with E-state index >= 15 is 0 Å². The van der Waals surface area contributed by atoms with Gasteiger partial charge in [-0.05, 0) is 26.9 Å². The maximum absolute atomic E-state index is 11.8. The molecule has 1 unspecified atom stereocenters. The molecule has 1 rings (SSSR count). The standard InChI is InChI=1S/C14H26N2O3/c1-4-5-8-16-11-12(10-13(16)17)14(18)19-9-6-7-15(2)3/h12H,4-11H2,1-3H3. The summed E-state index contributed by atoms with van der Waals surface area (Å²) in [7, 11) is 3.98. The summed E-state index contributed by atoms with van der Waals surface area (Å²) in [6.07, 6.45) is 3.20. The monoisotopic (exact) mass is 270 g/mol. The van der Waals surface area contributed by atoms with E-state index in [2.05, 4.69) is 11.8 Å². The summed E-state index contributed by atoms with van der Waals surface area (Å²) in [5.74, 6) is -0.390. The van der Waals surface area contributed by atoms with Gasteiger partial charge in [0.05, 0.1) is 12.5 Å². The third-order valence-corrected chi connectivity index (χ3v) is 3.32. The molecule has 0 aliphatic carbocycles. The van der Waals surface area contributed by atoms with Crippen molar-refractivity contribution in [1.82, 2.24) is 9.80 Å². The summed E-state index contributed by atoms with van der Waals surface area (Å²) in [5, 5.41) is 0. The van der Waals surface area contributed by atoms with Gasteiger partial charge < -0.3 is 14.5 Å². The Kier molecular flexibility index (Phi) is 6.84. The third kappa shape index (κ3) is 5.59. The number of esters is 1. The average Bonchev–Trinajstić information content (AvgIpc) is 2.73. The molecular weight excluding hydrogens is 244 g/mol. The molecule has 1 heterocycles. The second-order valence-corrected chi connectivity index (χ2v) is 5.42. The summed E-state index contributed by atoms with van der Waals surface area (Å²) < 4.78 is 5.23. The first-order valence-electron chi connectivity index (χ1n) is 7.13. The van der Waals surface area contributed by atoms with Crippen molar-refractivity contribution in [3.8, 4) is 0 Å². The van der Waals surface area contributed by atoms with Crippen molar-refractivity contribution in [2.75, 3.05) is 40.3 Å². The number of carbonyl (C=O) groups excluding carboxylic acids is 2. The zero-order valence-electron chi connectivity index (χ0n) is 12.4. The summed E-state index contributed by atoms with van der Waals surface area (Å²) in [5.41, 5.74) is 0. The second kappa shape index (κ2) is 8.15. The van der Waals surface area contributed by atoms with Crippen molar-refractivity contribution in [3.05, 3.63) is 0 Å². The molecule has 0 radical (unpaired) electrons. The van der Waals surface area contributed by atoms with Gasteiger partial charge in [-0.1, -0.05) is 13.3 Å². The first kappa shape index (κ1) is 16.0. The van der Waals surface area contributed by atoms with Crippen LogP contribution in [0.25, 0.3) is 0 Å². The van der Waals surface area contributed by atoms with Gasteiger partial charge in [0.1, 0.15) is 0 Å². The molecule has 0 aromatic rings. The molecule has 1 aliphatic heterocycles. The van der Waals surface area contributed by atoms with Crippen LogP contribution >= 0.6 is 0 Å². The van der Waals surface area contributed by atoms with E-state index in [1.807, 2.05) is 14.1 Å². The number of hydrogen-bond donors (Lipinski definition) is 0. The second-order valence-electron chi connectivity index (χ2n) is 5.42. The number of carbonyl (C=O) groups is 2. The van der Waals surface area contributed by atoms with Gasteiger partial charge in [-0.15, -0.1) is 0 Å². The van der Waals surface area contributed by atoms with E-state index in [1.165, 1.54) is 0 Å². The number of likely N-dealkylation sites (tertiary alicyclic amines) is 1. The SMILES string of the molecule is CCCCN1CC(C(=O)OCCCN(C)C)CC1=O. The number of ether oxygens (including phenoxy) is 1. The van der Waals surface area contributed by atoms with E-state index in [0.717, 1.165) is 32.4 Å². The topological polar surface area (TPSA) is 49.9 Å². The van der Waals surface area contributed by atoms with Crippen LogP contribution in [0, 0.1) is 5.92 Å². The third-order valence-electron chi connectivity index (χ3n) is 3.32. The fourth-order valence-electron chi connectivity index (χ4n) is 2.17. The molecule has 1 saturated heterocycles. The molecule has 110 valence electrons. The first-order valence-corrected chi connectivity index (χ1v) is 7.13. The van der Waals surface area contributed by atoms with Crippen LogP contribution in [0.5, 0.6) is 0 Å². The van der Waals surface area contributed by atoms with Crippen LogP contribution < -0.4 is 0 Å². The Bertz CT molecular complexity index is 305. The van der Waals surface area contributed by atoms with E-state index < -0.39 is 0 Å². The molecule has 5 nitrogen and oxygen atoms in total. The van der Waals surface area contributed by atoms with Crippen molar-refractivity contribution in [3.63, 3.8) is 0 Å². The van der Waals surface area contributed by atoms with Crippen molar-refractivity contribution in [1.29, 1.82) is 0 Å². The molecule has 19 heavy (non-hydrogen) atoms. The fourth-order valence-corrected chi connectivity index (χ4v) is 2.17. The van der Waals surface area contributed by atoms with Crippen LogP contribution in [0.15, 0.2) is 0 Å². The molecule has 0 aromatic heterocycles. The highest BCUT2D eigenvalue weighted by Gasteiger charge is 2.34. The lowest BCUT2D eigenvalue weighted by Gasteiger charge is -2.15. The maximum Gasteiger partial charge on any atom is 0.311 e. The largest absolute Gasteiger partial charge is 0.465 e. The Balaban J connectivity index is 2.25. The molecular formula is C14H26N2O3. The number of hydrogen-bond acceptors (Lipinski definition) is 4. The van der Waals surface area contributed by atoms with Gasteiger partial charge in [0.2, 0.25) is 5.91 Å². The van der Waals surface area contributed by atoms with Crippen LogP contribution in [0.2, 0.25) is 0 Å². The Morgan fingerprint density at radius 1 is 1.42 bits per heavy atom. The number of unbranched alkanes of at least 4 members (excludes halogenated alkanes) is 1. The molecule has 0 spiro atoms. The highest BCUT2D eigenvalue weighted by Crippen LogP contribution is 2.19. The van der Waals surface area contributed by atoms with E-state index in [9.17, 15) is 9.59 Å². The van der Waals surface area contributed by atoms with E-state index in [-0.39, 0.29) is 17.8 Å². The summed E-state index contributed by atoms with van der Waals surface area (Å²) in [6, 6.07) is 0. The smallest absolute Gasteiger partial charge is 0.311 e. The van der Waals surface area contributed by atoms with Crippen LogP contribution in [-0.4, -0.2) is 62.0 Å². The van der Waals surface area contributed by atoms with Crippen LogP contribution in [-0.2, 0) is 14.3 Å². The minimum absolute atomic E-state index is 0.0868. The Morgan fingerprint density at radius 3 is 2.79 bits per heavy atom. The number of amides is 1. The molecule has 5 heteroatoms. The van der Waals surface area contributed by atoms with Crippen molar-refractivity contribution < 1.29 is 14.3 Å². The highest BCUT2D eigenvalue weighted by molar-refractivity contribution is 5.86. The molecule has 0 bridgehead atoms. The summed E-state index contributed by atoms with van der Waals surface area (Å²) in [4.78, 5) is 27.4. The predicted octanol–water partition coefficient (Wildman–Crippen LogP) is 1.13. The van der Waals surface area contributed by atoms with E-state index in [1.54, 1.807) is 4.90 Å². The highest BCUT2D eigenvalue weighted by atomic mass is 16.5.